The summed E-state index contributed by atoms with van der Waals surface area (Å²) in [6.45, 7) is 4.60. The van der Waals surface area contributed by atoms with E-state index in [2.05, 4.69) is 38.1 Å². The molecule has 2 nitrogen and oxygen atoms in total. The quantitative estimate of drug-likeness (QED) is 0.476. The fourth-order valence-electron chi connectivity index (χ4n) is 6.40. The lowest BCUT2D eigenvalue weighted by molar-refractivity contribution is -0.157. The summed E-state index contributed by atoms with van der Waals surface area (Å²) < 4.78 is 6.04. The molecule has 2 fully saturated rings. The number of unbranched alkanes of at least 4 members (excludes halogenated alkanes) is 2. The maximum Gasteiger partial charge on any atom is 0.306 e. The van der Waals surface area contributed by atoms with Gasteiger partial charge < -0.3 is 4.74 Å². The first-order valence-electron chi connectivity index (χ1n) is 10.9. The van der Waals surface area contributed by atoms with Gasteiger partial charge >= 0.3 is 5.97 Å². The van der Waals surface area contributed by atoms with Crippen molar-refractivity contribution in [3.63, 3.8) is 0 Å². The van der Waals surface area contributed by atoms with Crippen molar-refractivity contribution in [1.82, 2.24) is 0 Å². The van der Waals surface area contributed by atoms with Crippen LogP contribution in [0.15, 0.2) is 24.3 Å². The summed E-state index contributed by atoms with van der Waals surface area (Å²) in [6.07, 6.45) is 11.3. The molecule has 2 heteroatoms. The number of ether oxygens (including phenoxy) is 1. The van der Waals surface area contributed by atoms with Gasteiger partial charge in [0.25, 0.3) is 0 Å². The first-order valence-corrected chi connectivity index (χ1v) is 10.9. The smallest absolute Gasteiger partial charge is 0.306 e. The van der Waals surface area contributed by atoms with Crippen molar-refractivity contribution in [2.45, 2.75) is 90.1 Å². The van der Waals surface area contributed by atoms with Crippen molar-refractivity contribution in [3.05, 3.63) is 35.4 Å². The van der Waals surface area contributed by atoms with Gasteiger partial charge in [-0.1, -0.05) is 51.0 Å². The van der Waals surface area contributed by atoms with Gasteiger partial charge in [0.15, 0.2) is 0 Å². The number of benzene rings is 1. The minimum Gasteiger partial charge on any atom is -0.462 e. The zero-order valence-corrected chi connectivity index (χ0v) is 16.5. The predicted octanol–water partition coefficient (Wildman–Crippen LogP) is 6.03. The molecular formula is C24H34O2. The molecule has 0 spiro atoms. The fraction of sp³-hybridized carbons (Fsp3) is 0.708. The van der Waals surface area contributed by atoms with Crippen molar-refractivity contribution in [2.75, 3.05) is 0 Å². The Kier molecular flexibility index (Phi) is 5.12. The summed E-state index contributed by atoms with van der Waals surface area (Å²) in [6, 6.07) is 9.10. The van der Waals surface area contributed by atoms with Gasteiger partial charge in [-0.15, -0.1) is 0 Å². The van der Waals surface area contributed by atoms with Gasteiger partial charge in [0.2, 0.25) is 0 Å². The number of hydrogen-bond acceptors (Lipinski definition) is 2. The van der Waals surface area contributed by atoms with Gasteiger partial charge in [-0.25, -0.2) is 0 Å². The van der Waals surface area contributed by atoms with Crippen LogP contribution in [-0.2, 0) is 16.0 Å². The topological polar surface area (TPSA) is 26.3 Å². The molecule has 4 rings (SSSR count). The Morgan fingerprint density at radius 3 is 2.85 bits per heavy atom. The van der Waals surface area contributed by atoms with E-state index in [1.54, 1.807) is 11.1 Å². The molecular weight excluding hydrogens is 320 g/mol. The SMILES string of the molecule is CCCCCC(=O)O[C@@H]1CC[C@H]2[C@@H]3CCc4ccccc4[C@H]3CC[C@]12C. The molecule has 0 unspecified atom stereocenters. The maximum atomic E-state index is 12.3. The van der Waals surface area contributed by atoms with Crippen LogP contribution in [-0.4, -0.2) is 12.1 Å². The van der Waals surface area contributed by atoms with E-state index in [1.807, 2.05) is 0 Å². The van der Waals surface area contributed by atoms with E-state index in [4.69, 9.17) is 4.74 Å². The summed E-state index contributed by atoms with van der Waals surface area (Å²) in [4.78, 5) is 12.3. The molecule has 0 amide bonds. The third kappa shape index (κ3) is 3.10. The minimum atomic E-state index is 0.0430. The van der Waals surface area contributed by atoms with Crippen molar-refractivity contribution in [2.24, 2.45) is 17.3 Å². The second-order valence-corrected chi connectivity index (χ2v) is 9.17. The molecule has 3 aliphatic carbocycles. The molecule has 0 bridgehead atoms. The number of carbonyl (C=O) groups is 1. The summed E-state index contributed by atoms with van der Waals surface area (Å²) in [5.41, 5.74) is 3.40. The lowest BCUT2D eigenvalue weighted by Crippen LogP contribution is -2.45. The predicted molar refractivity (Wildman–Crippen MR) is 105 cm³/mol. The molecule has 0 heterocycles. The van der Waals surface area contributed by atoms with Gasteiger partial charge in [0.1, 0.15) is 6.10 Å². The Balaban J connectivity index is 1.46. The first-order chi connectivity index (χ1) is 12.6. The van der Waals surface area contributed by atoms with Crippen LogP contribution >= 0.6 is 0 Å². The molecule has 1 aromatic rings. The largest absolute Gasteiger partial charge is 0.462 e. The average Bonchev–Trinajstić information content (AvgIpc) is 2.98. The van der Waals surface area contributed by atoms with Crippen LogP contribution in [0.25, 0.3) is 0 Å². The Bertz CT molecular complexity index is 651. The van der Waals surface area contributed by atoms with E-state index >= 15 is 0 Å². The van der Waals surface area contributed by atoms with Crippen LogP contribution < -0.4 is 0 Å². The fourth-order valence-corrected chi connectivity index (χ4v) is 6.40. The van der Waals surface area contributed by atoms with Crippen molar-refractivity contribution in [3.8, 4) is 0 Å². The summed E-state index contributed by atoms with van der Waals surface area (Å²) in [5.74, 6) is 2.29. The number of esters is 1. The lowest BCUT2D eigenvalue weighted by Gasteiger charge is -2.50. The van der Waals surface area contributed by atoms with E-state index < -0.39 is 0 Å². The second kappa shape index (κ2) is 7.37. The minimum absolute atomic E-state index is 0.0430. The van der Waals surface area contributed by atoms with Gasteiger partial charge in [-0.3, -0.25) is 4.79 Å². The Morgan fingerprint density at radius 1 is 1.15 bits per heavy atom. The summed E-state index contributed by atoms with van der Waals surface area (Å²) in [7, 11) is 0. The van der Waals surface area contributed by atoms with Crippen molar-refractivity contribution < 1.29 is 9.53 Å². The highest BCUT2D eigenvalue weighted by Crippen LogP contribution is 2.61. The Morgan fingerprint density at radius 2 is 2.00 bits per heavy atom. The van der Waals surface area contributed by atoms with Crippen LogP contribution in [0.4, 0.5) is 0 Å². The van der Waals surface area contributed by atoms with Gasteiger partial charge in [0, 0.05) is 11.8 Å². The number of fused-ring (bicyclic) bond motifs is 5. The Labute approximate surface area is 158 Å². The number of hydrogen-bond donors (Lipinski definition) is 0. The molecule has 0 radical (unpaired) electrons. The van der Waals surface area contributed by atoms with Crippen LogP contribution in [0.1, 0.15) is 88.7 Å². The van der Waals surface area contributed by atoms with Crippen molar-refractivity contribution in [1.29, 1.82) is 0 Å². The monoisotopic (exact) mass is 354 g/mol. The average molecular weight is 355 g/mol. The van der Waals surface area contributed by atoms with E-state index in [-0.39, 0.29) is 17.5 Å². The number of rotatable bonds is 5. The summed E-state index contributed by atoms with van der Waals surface area (Å²) >= 11 is 0. The Hall–Kier alpha value is -1.31. The highest BCUT2D eigenvalue weighted by atomic mass is 16.5. The number of aryl methyl sites for hydroxylation is 1. The van der Waals surface area contributed by atoms with E-state index in [0.29, 0.717) is 6.42 Å². The van der Waals surface area contributed by atoms with E-state index in [9.17, 15) is 4.79 Å². The molecule has 26 heavy (non-hydrogen) atoms. The van der Waals surface area contributed by atoms with Crippen LogP contribution in [0.3, 0.4) is 0 Å². The van der Waals surface area contributed by atoms with Crippen LogP contribution in [0, 0.1) is 17.3 Å². The third-order valence-corrected chi connectivity index (χ3v) is 7.81. The zero-order valence-electron chi connectivity index (χ0n) is 16.5. The zero-order chi connectivity index (χ0) is 18.1. The normalized spacial score (nSPS) is 35.3. The summed E-state index contributed by atoms with van der Waals surface area (Å²) in [5, 5.41) is 0. The molecule has 0 saturated heterocycles. The third-order valence-electron chi connectivity index (χ3n) is 7.81. The second-order valence-electron chi connectivity index (χ2n) is 9.17. The van der Waals surface area contributed by atoms with Gasteiger partial charge in [0.05, 0.1) is 0 Å². The molecule has 142 valence electrons. The standard InChI is InChI=1S/C24H34O2/c1-3-4-5-10-23(25)26-22-14-13-21-20-12-11-17-8-6-7-9-18(17)19(20)15-16-24(21,22)2/h6-9,19-22H,3-5,10-16H2,1-2H3/t19-,20-,21+,22-,24+/m1/s1. The van der Waals surface area contributed by atoms with Gasteiger partial charge in [-0.05, 0) is 73.8 Å². The molecule has 0 N–H and O–H groups in total. The number of carbonyl (C=O) groups excluding carboxylic acids is 1. The lowest BCUT2D eigenvalue weighted by atomic mass is 9.55. The molecule has 3 aliphatic rings. The maximum absolute atomic E-state index is 12.3. The molecule has 2 saturated carbocycles. The first kappa shape index (κ1) is 18.1. The molecule has 5 atom stereocenters. The highest BCUT2D eigenvalue weighted by molar-refractivity contribution is 5.69. The van der Waals surface area contributed by atoms with E-state index in [0.717, 1.165) is 43.4 Å². The van der Waals surface area contributed by atoms with Crippen molar-refractivity contribution >= 4 is 5.97 Å². The molecule has 0 aromatic heterocycles. The van der Waals surface area contributed by atoms with Crippen LogP contribution in [0.2, 0.25) is 0 Å². The van der Waals surface area contributed by atoms with E-state index in [1.165, 1.54) is 32.1 Å². The van der Waals surface area contributed by atoms with Gasteiger partial charge in [-0.2, -0.15) is 0 Å². The highest BCUT2D eigenvalue weighted by Gasteiger charge is 2.56. The molecule has 0 aliphatic heterocycles. The van der Waals surface area contributed by atoms with Crippen LogP contribution in [0.5, 0.6) is 0 Å². The molecule has 1 aromatic carbocycles.